The number of hydrogen-bond acceptors (Lipinski definition) is 4. The normalized spacial score (nSPS) is 18.1. The Kier molecular flexibility index (Phi) is 6.32. The minimum Gasteiger partial charge on any atom is -0.365 e. The van der Waals surface area contributed by atoms with Crippen LogP contribution in [0.5, 0.6) is 0 Å². The number of hydrogen-bond donors (Lipinski definition) is 3. The average Bonchev–Trinajstić information content (AvgIpc) is 3.22. The van der Waals surface area contributed by atoms with Crippen LogP contribution in [-0.2, 0) is 6.54 Å². The Labute approximate surface area is 200 Å². The number of carbonyl (C=O) groups is 1. The number of amides is 1. The molecule has 0 bridgehead atoms. The number of carbonyl (C=O) groups excluding carboxylic acids is 1. The first-order valence-corrected chi connectivity index (χ1v) is 12.0. The number of anilines is 1. The van der Waals surface area contributed by atoms with Crippen molar-refractivity contribution in [1.82, 2.24) is 14.7 Å². The minimum atomic E-state index is -0.0538. The highest BCUT2D eigenvalue weighted by molar-refractivity contribution is 5.95. The summed E-state index contributed by atoms with van der Waals surface area (Å²) in [5, 5.41) is 6.76. The highest BCUT2D eigenvalue weighted by atomic mass is 16.1. The van der Waals surface area contributed by atoms with Crippen molar-refractivity contribution in [1.29, 1.82) is 0 Å². The van der Waals surface area contributed by atoms with E-state index in [9.17, 15) is 4.79 Å². The Hall–Kier alpha value is -3.64. The topological polar surface area (TPSA) is 84.5 Å². The van der Waals surface area contributed by atoms with Gasteiger partial charge >= 0.3 is 0 Å². The van der Waals surface area contributed by atoms with Crippen LogP contribution in [-0.4, -0.2) is 27.4 Å². The van der Waals surface area contributed by atoms with Crippen LogP contribution >= 0.6 is 0 Å². The third-order valence-corrected chi connectivity index (χ3v) is 6.59. The van der Waals surface area contributed by atoms with E-state index < -0.39 is 0 Å². The van der Waals surface area contributed by atoms with E-state index in [2.05, 4.69) is 47.9 Å². The fourth-order valence-corrected chi connectivity index (χ4v) is 4.66. The maximum absolute atomic E-state index is 13.0. The molecule has 0 spiro atoms. The molecule has 5 rings (SSSR count). The van der Waals surface area contributed by atoms with Gasteiger partial charge in [0, 0.05) is 36.0 Å². The number of fused-ring (bicyclic) bond motifs is 1. The second-order valence-electron chi connectivity index (χ2n) is 9.25. The summed E-state index contributed by atoms with van der Waals surface area (Å²) in [5.41, 5.74) is 11.7. The fourth-order valence-electron chi connectivity index (χ4n) is 4.66. The van der Waals surface area contributed by atoms with Gasteiger partial charge in [-0.05, 0) is 56.4 Å². The molecule has 4 aromatic rings. The molecule has 0 unspecified atom stereocenters. The van der Waals surface area contributed by atoms with E-state index in [1.54, 1.807) is 0 Å². The molecule has 0 atom stereocenters. The molecule has 6 nitrogen and oxygen atoms in total. The fraction of sp³-hybridized carbons (Fsp3) is 0.286. The van der Waals surface area contributed by atoms with Gasteiger partial charge in [-0.2, -0.15) is 0 Å². The lowest BCUT2D eigenvalue weighted by Crippen LogP contribution is -2.40. The molecule has 1 aliphatic carbocycles. The summed E-state index contributed by atoms with van der Waals surface area (Å²) < 4.78 is 2.02. The van der Waals surface area contributed by atoms with Gasteiger partial charge in [0.1, 0.15) is 17.2 Å². The minimum absolute atomic E-state index is 0.0538. The van der Waals surface area contributed by atoms with Gasteiger partial charge in [-0.15, -0.1) is 0 Å². The Morgan fingerprint density at radius 3 is 2.59 bits per heavy atom. The number of aromatic nitrogens is 2. The highest BCUT2D eigenvalue weighted by Gasteiger charge is 2.21. The Bertz CT molecular complexity index is 1290. The van der Waals surface area contributed by atoms with Crippen molar-refractivity contribution in [3.05, 3.63) is 89.6 Å². The van der Waals surface area contributed by atoms with Gasteiger partial charge in [0.2, 0.25) is 0 Å². The molecule has 34 heavy (non-hydrogen) atoms. The summed E-state index contributed by atoms with van der Waals surface area (Å²) in [7, 11) is 0. The summed E-state index contributed by atoms with van der Waals surface area (Å²) in [4.78, 5) is 17.9. The third kappa shape index (κ3) is 4.82. The number of nitrogens with zero attached hydrogens (tertiary/aromatic N) is 2. The van der Waals surface area contributed by atoms with E-state index in [-0.39, 0.29) is 18.0 Å². The van der Waals surface area contributed by atoms with Crippen molar-refractivity contribution in [2.45, 2.75) is 51.2 Å². The second-order valence-corrected chi connectivity index (χ2v) is 9.25. The van der Waals surface area contributed by atoms with Crippen molar-refractivity contribution in [3.63, 3.8) is 0 Å². The molecular weight excluding hydrogens is 422 g/mol. The average molecular weight is 454 g/mol. The highest BCUT2D eigenvalue weighted by Crippen LogP contribution is 2.30. The van der Waals surface area contributed by atoms with Crippen LogP contribution in [0.3, 0.4) is 0 Å². The van der Waals surface area contributed by atoms with Crippen LogP contribution in [0.25, 0.3) is 16.9 Å². The lowest BCUT2D eigenvalue weighted by atomic mass is 9.91. The van der Waals surface area contributed by atoms with Crippen LogP contribution in [0.1, 0.15) is 47.2 Å². The molecule has 2 aromatic heterocycles. The van der Waals surface area contributed by atoms with Gasteiger partial charge in [0.15, 0.2) is 0 Å². The van der Waals surface area contributed by atoms with Crippen LogP contribution in [0, 0.1) is 6.92 Å². The summed E-state index contributed by atoms with van der Waals surface area (Å²) in [6.45, 7) is 2.76. The molecule has 2 heterocycles. The lowest BCUT2D eigenvalue weighted by molar-refractivity contribution is 0.0926. The standard InChI is InChI=1S/C28H31N5O/c1-19-6-5-9-21(16-19)26-27(30-18-20-7-3-2-4-8-20)33-15-14-22(17-25(33)32-26)28(34)31-24-12-10-23(29)11-13-24/h2-9,14-17,23-24,30H,10-13,18,29H2,1H3,(H,31,34). The predicted octanol–water partition coefficient (Wildman–Crippen LogP) is 4.92. The van der Waals surface area contributed by atoms with E-state index >= 15 is 0 Å². The van der Waals surface area contributed by atoms with Gasteiger partial charge in [0.25, 0.3) is 5.91 Å². The monoisotopic (exact) mass is 453 g/mol. The quantitative estimate of drug-likeness (QED) is 0.387. The summed E-state index contributed by atoms with van der Waals surface area (Å²) >= 11 is 0. The number of nitrogens with two attached hydrogens (primary N) is 1. The predicted molar refractivity (Wildman–Crippen MR) is 137 cm³/mol. The molecule has 1 amide bonds. The van der Waals surface area contributed by atoms with Crippen molar-refractivity contribution < 1.29 is 4.79 Å². The van der Waals surface area contributed by atoms with Crippen molar-refractivity contribution in [3.8, 4) is 11.3 Å². The van der Waals surface area contributed by atoms with E-state index in [0.29, 0.717) is 12.1 Å². The Morgan fingerprint density at radius 2 is 1.82 bits per heavy atom. The van der Waals surface area contributed by atoms with Crippen LogP contribution < -0.4 is 16.4 Å². The summed E-state index contributed by atoms with van der Waals surface area (Å²) in [5.74, 6) is 0.861. The van der Waals surface area contributed by atoms with Crippen LogP contribution in [0.15, 0.2) is 72.9 Å². The second kappa shape index (κ2) is 9.69. The van der Waals surface area contributed by atoms with E-state index in [0.717, 1.165) is 48.4 Å². The Morgan fingerprint density at radius 1 is 1.03 bits per heavy atom. The van der Waals surface area contributed by atoms with E-state index in [1.165, 1.54) is 11.1 Å². The zero-order chi connectivity index (χ0) is 23.5. The van der Waals surface area contributed by atoms with Gasteiger partial charge in [-0.25, -0.2) is 4.98 Å². The van der Waals surface area contributed by atoms with Crippen LogP contribution in [0.4, 0.5) is 5.82 Å². The zero-order valence-electron chi connectivity index (χ0n) is 19.5. The van der Waals surface area contributed by atoms with E-state index in [4.69, 9.17) is 10.7 Å². The molecule has 4 N–H and O–H groups in total. The molecule has 0 aliphatic heterocycles. The molecule has 1 aliphatic rings. The molecule has 0 radical (unpaired) electrons. The maximum Gasteiger partial charge on any atom is 0.251 e. The first kappa shape index (κ1) is 22.2. The van der Waals surface area contributed by atoms with Crippen molar-refractivity contribution >= 4 is 17.4 Å². The van der Waals surface area contributed by atoms with Gasteiger partial charge < -0.3 is 16.4 Å². The van der Waals surface area contributed by atoms with E-state index in [1.807, 2.05) is 47.0 Å². The summed E-state index contributed by atoms with van der Waals surface area (Å²) in [6.07, 6.45) is 5.72. The lowest BCUT2D eigenvalue weighted by Gasteiger charge is -2.26. The number of benzene rings is 2. The molecule has 2 aromatic carbocycles. The molecule has 1 saturated carbocycles. The van der Waals surface area contributed by atoms with Gasteiger partial charge in [0.05, 0.1) is 0 Å². The molecule has 1 fully saturated rings. The zero-order valence-corrected chi connectivity index (χ0v) is 19.5. The molecular formula is C28H31N5O. The first-order valence-electron chi connectivity index (χ1n) is 12.0. The van der Waals surface area contributed by atoms with Crippen molar-refractivity contribution in [2.24, 2.45) is 5.73 Å². The molecule has 0 saturated heterocycles. The number of imidazole rings is 1. The first-order chi connectivity index (χ1) is 16.6. The maximum atomic E-state index is 13.0. The van der Waals surface area contributed by atoms with Gasteiger partial charge in [-0.1, -0.05) is 54.1 Å². The van der Waals surface area contributed by atoms with Crippen LogP contribution in [0.2, 0.25) is 0 Å². The number of aryl methyl sites for hydroxylation is 1. The number of rotatable bonds is 6. The Balaban J connectivity index is 1.46. The van der Waals surface area contributed by atoms with Crippen molar-refractivity contribution in [2.75, 3.05) is 5.32 Å². The van der Waals surface area contributed by atoms with Gasteiger partial charge in [-0.3, -0.25) is 9.20 Å². The summed E-state index contributed by atoms with van der Waals surface area (Å²) in [6, 6.07) is 22.8. The largest absolute Gasteiger partial charge is 0.365 e. The molecule has 6 heteroatoms. The number of pyridine rings is 1. The third-order valence-electron chi connectivity index (χ3n) is 6.59. The molecule has 174 valence electrons. The number of nitrogens with one attached hydrogen (secondary N) is 2. The SMILES string of the molecule is Cc1cccc(-c2nc3cc(C(=O)NC4CCC(N)CC4)ccn3c2NCc2ccccc2)c1. The smallest absolute Gasteiger partial charge is 0.251 e.